The van der Waals surface area contributed by atoms with Crippen molar-refractivity contribution in [2.45, 2.75) is 51.8 Å². The largest absolute Gasteiger partial charge is 0.493 e. The predicted octanol–water partition coefficient (Wildman–Crippen LogP) is 3.26. The lowest BCUT2D eigenvalue weighted by atomic mass is 9.90. The molecule has 40 heavy (non-hydrogen) atoms. The highest BCUT2D eigenvalue weighted by Gasteiger charge is 2.43. The molecule has 0 unspecified atom stereocenters. The lowest BCUT2D eigenvalue weighted by molar-refractivity contribution is -0.132. The molecule has 0 spiro atoms. The number of anilines is 1. The Morgan fingerprint density at radius 2 is 1.95 bits per heavy atom. The summed E-state index contributed by atoms with van der Waals surface area (Å²) in [5.41, 5.74) is 1.37. The van der Waals surface area contributed by atoms with E-state index in [1.807, 2.05) is 17.0 Å². The first-order valence-corrected chi connectivity index (χ1v) is 14.2. The van der Waals surface area contributed by atoms with Crippen molar-refractivity contribution in [1.82, 2.24) is 29.6 Å². The van der Waals surface area contributed by atoms with Crippen LogP contribution in [0.5, 0.6) is 5.75 Å². The van der Waals surface area contributed by atoms with Gasteiger partial charge in [-0.05, 0) is 55.1 Å². The van der Waals surface area contributed by atoms with E-state index >= 15 is 0 Å². The van der Waals surface area contributed by atoms with Crippen molar-refractivity contribution in [3.63, 3.8) is 0 Å². The molecule has 4 heterocycles. The van der Waals surface area contributed by atoms with Crippen molar-refractivity contribution < 1.29 is 18.7 Å². The Kier molecular flexibility index (Phi) is 7.90. The fourth-order valence-electron chi connectivity index (χ4n) is 6.10. The van der Waals surface area contributed by atoms with Crippen LogP contribution in [0.4, 0.5) is 10.3 Å². The third kappa shape index (κ3) is 6.09. The zero-order chi connectivity index (χ0) is 27.5. The maximum absolute atomic E-state index is 14.8. The minimum atomic E-state index is -0.403. The van der Waals surface area contributed by atoms with Gasteiger partial charge in [0.2, 0.25) is 11.9 Å². The maximum atomic E-state index is 14.8. The number of carbonyl (C=O) groups excluding carboxylic acids is 1. The first-order chi connectivity index (χ1) is 19.6. The second kappa shape index (κ2) is 11.9. The zero-order valence-corrected chi connectivity index (χ0v) is 22.9. The molecule has 0 radical (unpaired) electrons. The van der Waals surface area contributed by atoms with Crippen LogP contribution in [0.3, 0.4) is 0 Å². The number of amides is 1. The van der Waals surface area contributed by atoms with E-state index in [4.69, 9.17) is 9.47 Å². The van der Waals surface area contributed by atoms with Gasteiger partial charge in [0.25, 0.3) is 0 Å². The molecule has 2 fully saturated rings. The molecule has 1 aliphatic carbocycles. The predicted molar refractivity (Wildman–Crippen MR) is 145 cm³/mol. The van der Waals surface area contributed by atoms with Gasteiger partial charge in [-0.25, -0.2) is 14.4 Å². The number of hydrogen-bond donors (Lipinski definition) is 0. The first-order valence-electron chi connectivity index (χ1n) is 14.2. The fourth-order valence-corrected chi connectivity index (χ4v) is 6.10. The molecule has 1 amide bonds. The Morgan fingerprint density at radius 1 is 1.12 bits per heavy atom. The standard InChI is InChI=1S/C29H36FN7O3/c1-39-18-20-15-31-29(32-16-20)35-7-4-21(5-8-35)25-12-22(25)6-11-40-24-3-2-23(26(30)14-24)13-28(38)36-9-10-37-19-33-34-27(37)17-36/h2-3,14-16,19,21-22,25H,4-13,17-18H2,1H3/t22-,25-/m0/s1. The number of ether oxygens (including phenoxy) is 2. The van der Waals surface area contributed by atoms with Gasteiger partial charge >= 0.3 is 0 Å². The van der Waals surface area contributed by atoms with Gasteiger partial charge in [0, 0.05) is 57.3 Å². The molecule has 2 aromatic heterocycles. The van der Waals surface area contributed by atoms with Crippen molar-refractivity contribution in [2.24, 2.45) is 17.8 Å². The number of hydrogen-bond acceptors (Lipinski definition) is 8. The van der Waals surface area contributed by atoms with Gasteiger partial charge < -0.3 is 23.8 Å². The molecule has 3 aliphatic rings. The summed E-state index contributed by atoms with van der Waals surface area (Å²) >= 11 is 0. The number of nitrogens with zero attached hydrogens (tertiary/aromatic N) is 7. The van der Waals surface area contributed by atoms with Crippen LogP contribution < -0.4 is 9.64 Å². The summed E-state index contributed by atoms with van der Waals surface area (Å²) < 4.78 is 27.7. The average molecular weight is 550 g/mol. The average Bonchev–Trinajstić information content (AvgIpc) is 3.59. The monoisotopic (exact) mass is 549 g/mol. The minimum Gasteiger partial charge on any atom is -0.493 e. The first kappa shape index (κ1) is 26.6. The quantitative estimate of drug-likeness (QED) is 0.380. The Labute approximate surface area is 233 Å². The van der Waals surface area contributed by atoms with E-state index in [1.54, 1.807) is 30.5 Å². The van der Waals surface area contributed by atoms with E-state index < -0.39 is 5.82 Å². The van der Waals surface area contributed by atoms with Crippen molar-refractivity contribution in [3.05, 3.63) is 59.7 Å². The van der Waals surface area contributed by atoms with Crippen LogP contribution in [-0.4, -0.2) is 68.9 Å². The summed E-state index contributed by atoms with van der Waals surface area (Å²) in [6, 6.07) is 4.83. The van der Waals surface area contributed by atoms with E-state index in [1.165, 1.54) is 12.5 Å². The summed E-state index contributed by atoms with van der Waals surface area (Å²) in [6.07, 6.45) is 9.94. The Balaban J connectivity index is 0.909. The van der Waals surface area contributed by atoms with Gasteiger partial charge in [-0.3, -0.25) is 4.79 Å². The fraction of sp³-hybridized carbons (Fsp3) is 0.552. The number of rotatable bonds is 10. The van der Waals surface area contributed by atoms with Crippen LogP contribution in [0.25, 0.3) is 0 Å². The van der Waals surface area contributed by atoms with Gasteiger partial charge in [-0.1, -0.05) is 6.07 Å². The van der Waals surface area contributed by atoms with E-state index in [-0.39, 0.29) is 12.3 Å². The molecule has 2 aliphatic heterocycles. The molecule has 11 heteroatoms. The van der Waals surface area contributed by atoms with Gasteiger partial charge in [-0.2, -0.15) is 0 Å². The summed E-state index contributed by atoms with van der Waals surface area (Å²) in [5.74, 6) is 3.73. The summed E-state index contributed by atoms with van der Waals surface area (Å²) in [6.45, 7) is 4.72. The third-order valence-electron chi connectivity index (χ3n) is 8.52. The van der Waals surface area contributed by atoms with Gasteiger partial charge in [-0.15, -0.1) is 10.2 Å². The molecule has 10 nitrogen and oxygen atoms in total. The normalized spacial score (nSPS) is 20.9. The van der Waals surface area contributed by atoms with Gasteiger partial charge in [0.05, 0.1) is 26.2 Å². The molecule has 3 aromatic rings. The smallest absolute Gasteiger partial charge is 0.227 e. The maximum Gasteiger partial charge on any atom is 0.227 e. The number of fused-ring (bicyclic) bond motifs is 1. The Hall–Kier alpha value is -3.60. The second-order valence-corrected chi connectivity index (χ2v) is 11.1. The minimum absolute atomic E-state index is 0.0219. The molecule has 1 saturated heterocycles. The number of benzene rings is 1. The summed E-state index contributed by atoms with van der Waals surface area (Å²) in [4.78, 5) is 25.7. The van der Waals surface area contributed by atoms with Crippen LogP contribution in [-0.2, 0) is 35.6 Å². The van der Waals surface area contributed by atoms with E-state index in [9.17, 15) is 9.18 Å². The Bertz CT molecular complexity index is 1310. The van der Waals surface area contributed by atoms with Crippen LogP contribution in [0.15, 0.2) is 36.9 Å². The molecule has 6 rings (SSSR count). The van der Waals surface area contributed by atoms with Crippen LogP contribution in [0.2, 0.25) is 0 Å². The summed E-state index contributed by atoms with van der Waals surface area (Å²) in [5, 5.41) is 7.93. The molecule has 1 aromatic carbocycles. The van der Waals surface area contributed by atoms with Crippen molar-refractivity contribution in [1.29, 1.82) is 0 Å². The molecule has 0 bridgehead atoms. The van der Waals surface area contributed by atoms with Crippen molar-refractivity contribution in [3.8, 4) is 5.75 Å². The number of halogens is 1. The van der Waals surface area contributed by atoms with Gasteiger partial charge in [0.15, 0.2) is 5.82 Å². The molecule has 212 valence electrons. The molecule has 0 N–H and O–H groups in total. The van der Waals surface area contributed by atoms with Crippen molar-refractivity contribution >= 4 is 11.9 Å². The molecular weight excluding hydrogens is 513 g/mol. The molecule has 2 atom stereocenters. The number of methoxy groups -OCH3 is 1. The topological polar surface area (TPSA) is 98.5 Å². The highest BCUT2D eigenvalue weighted by Crippen LogP contribution is 2.49. The third-order valence-corrected chi connectivity index (χ3v) is 8.52. The van der Waals surface area contributed by atoms with E-state index in [2.05, 4.69) is 25.1 Å². The number of aromatic nitrogens is 5. The SMILES string of the molecule is COCc1cnc(N2CCC([C@@H]3C[C@@H]3CCOc3ccc(CC(=O)N4CCn5cnnc5C4)c(F)c3)CC2)nc1. The van der Waals surface area contributed by atoms with Crippen LogP contribution in [0.1, 0.15) is 42.6 Å². The van der Waals surface area contributed by atoms with Crippen molar-refractivity contribution in [2.75, 3.05) is 38.3 Å². The second-order valence-electron chi connectivity index (χ2n) is 11.1. The lowest BCUT2D eigenvalue weighted by Crippen LogP contribution is -2.39. The highest BCUT2D eigenvalue weighted by atomic mass is 19.1. The Morgan fingerprint density at radius 3 is 2.73 bits per heavy atom. The highest BCUT2D eigenvalue weighted by molar-refractivity contribution is 5.79. The number of carbonyl (C=O) groups is 1. The molecule has 1 saturated carbocycles. The lowest BCUT2D eigenvalue weighted by Gasteiger charge is -2.32. The number of piperidine rings is 1. The van der Waals surface area contributed by atoms with Crippen LogP contribution in [0, 0.1) is 23.6 Å². The molecular formula is C29H36FN7O3. The summed E-state index contributed by atoms with van der Waals surface area (Å²) in [7, 11) is 1.67. The van der Waals surface area contributed by atoms with Gasteiger partial charge in [0.1, 0.15) is 17.9 Å². The van der Waals surface area contributed by atoms with E-state index in [0.717, 1.165) is 61.5 Å². The van der Waals surface area contributed by atoms with E-state index in [0.29, 0.717) is 50.1 Å². The zero-order valence-electron chi connectivity index (χ0n) is 22.9. The van der Waals surface area contributed by atoms with Crippen LogP contribution >= 0.6 is 0 Å².